The topological polar surface area (TPSA) is 29.1 Å². The first-order valence-electron chi connectivity index (χ1n) is 1.75. The maximum Gasteiger partial charge on any atom is 0.345 e. The van der Waals surface area contributed by atoms with E-state index in [0.717, 1.165) is 0 Å². The molecule has 0 aliphatic heterocycles. The largest absolute Gasteiger partial charge is 0.345 e. The second-order valence-corrected chi connectivity index (χ2v) is 0.836. The Morgan fingerprint density at radius 2 is 2.14 bits per heavy atom. The van der Waals surface area contributed by atoms with Crippen LogP contribution in [0.15, 0.2) is 0 Å². The Labute approximate surface area is 39.7 Å². The van der Waals surface area contributed by atoms with Gasteiger partial charge in [0.2, 0.25) is 0 Å². The zero-order valence-corrected chi connectivity index (χ0v) is 3.56. The zero-order valence-electron chi connectivity index (χ0n) is 3.56. The fourth-order valence-electron chi connectivity index (χ4n) is 0.137. The van der Waals surface area contributed by atoms with Crippen LogP contribution in [0.5, 0.6) is 0 Å². The monoisotopic (exact) mass is 111 g/mol. The predicted molar refractivity (Wildman–Crippen MR) is 17.5 cm³/mol. The summed E-state index contributed by atoms with van der Waals surface area (Å²) in [5.74, 6) is 0. The molecule has 0 rings (SSSR count). The van der Waals surface area contributed by atoms with Gasteiger partial charge in [0.05, 0.1) is 6.61 Å². The van der Waals surface area contributed by atoms with Crippen molar-refractivity contribution in [3.63, 3.8) is 0 Å². The predicted octanol–water partition coefficient (Wildman–Crippen LogP) is 0.656. The third-order valence-corrected chi connectivity index (χ3v) is 0.327. The van der Waals surface area contributed by atoms with E-state index in [1.54, 1.807) is 0 Å². The lowest BCUT2D eigenvalue weighted by molar-refractivity contribution is -0.138. The fraction of sp³-hybridized carbons (Fsp3) is 1.00. The third-order valence-electron chi connectivity index (χ3n) is 0.327. The lowest BCUT2D eigenvalue weighted by Gasteiger charge is -1.94. The maximum absolute atomic E-state index is 10.9. The van der Waals surface area contributed by atoms with E-state index in [9.17, 15) is 13.9 Å². The van der Waals surface area contributed by atoms with Gasteiger partial charge in [0, 0.05) is 0 Å². The van der Waals surface area contributed by atoms with Crippen LogP contribution in [-0.4, -0.2) is 19.8 Å². The van der Waals surface area contributed by atoms with E-state index in [2.05, 4.69) is 4.74 Å². The molecule has 1 radical (unpaired) electrons. The summed E-state index contributed by atoms with van der Waals surface area (Å²) in [7, 11) is 0. The Morgan fingerprint density at radius 3 is 2.29 bits per heavy atom. The van der Waals surface area contributed by atoms with E-state index in [0.29, 0.717) is 0 Å². The summed E-state index contributed by atoms with van der Waals surface area (Å²) >= 11 is 0. The quantitative estimate of drug-likeness (QED) is 0.525. The molecule has 0 atom stereocenters. The number of halogens is 2. The van der Waals surface area contributed by atoms with Crippen LogP contribution in [-0.2, 0) is 9.84 Å². The van der Waals surface area contributed by atoms with Crippen molar-refractivity contribution in [3.05, 3.63) is 0 Å². The van der Waals surface area contributed by atoms with Gasteiger partial charge in [-0.3, -0.25) is 0 Å². The van der Waals surface area contributed by atoms with Crippen molar-refractivity contribution >= 4 is 0 Å². The second kappa shape index (κ2) is 3.95. The van der Waals surface area contributed by atoms with Crippen LogP contribution in [0.3, 0.4) is 0 Å². The molecule has 0 aliphatic rings. The molecule has 0 spiro atoms. The zero-order chi connectivity index (χ0) is 5.70. The molecular formula is C3H5F2O2. The average molecular weight is 111 g/mol. The highest BCUT2D eigenvalue weighted by molar-refractivity contribution is 4.18. The minimum Gasteiger partial charge on any atom is -0.320 e. The fourth-order valence-corrected chi connectivity index (χ4v) is 0.137. The van der Waals surface area contributed by atoms with Crippen molar-refractivity contribution < 1.29 is 18.6 Å². The smallest absolute Gasteiger partial charge is 0.320 e. The first kappa shape index (κ1) is 6.78. The first-order chi connectivity index (χ1) is 3.27. The Bertz CT molecular complexity index is 39.9. The van der Waals surface area contributed by atoms with Gasteiger partial charge < -0.3 is 4.74 Å². The van der Waals surface area contributed by atoms with E-state index in [1.807, 2.05) is 0 Å². The summed E-state index contributed by atoms with van der Waals surface area (Å²) in [5, 5.41) is 9.38. The van der Waals surface area contributed by atoms with Gasteiger partial charge in [-0.2, -0.15) is 8.78 Å². The molecular weight excluding hydrogens is 106 g/mol. The molecule has 0 aromatic heterocycles. The van der Waals surface area contributed by atoms with E-state index >= 15 is 0 Å². The Morgan fingerprint density at radius 1 is 1.57 bits per heavy atom. The van der Waals surface area contributed by atoms with Crippen LogP contribution in [0.25, 0.3) is 0 Å². The average Bonchev–Trinajstić information content (AvgIpc) is 1.61. The molecule has 0 aromatic rings. The van der Waals surface area contributed by atoms with E-state index in [1.165, 1.54) is 0 Å². The summed E-state index contributed by atoms with van der Waals surface area (Å²) < 4.78 is 25.3. The van der Waals surface area contributed by atoms with E-state index in [4.69, 9.17) is 0 Å². The van der Waals surface area contributed by atoms with Crippen molar-refractivity contribution in [2.24, 2.45) is 0 Å². The Kier molecular flexibility index (Phi) is 3.83. The van der Waals surface area contributed by atoms with Crippen LogP contribution < -0.4 is 0 Å². The highest BCUT2D eigenvalue weighted by Crippen LogP contribution is 1.91. The molecule has 0 unspecified atom stereocenters. The molecule has 2 nitrogen and oxygen atoms in total. The van der Waals surface area contributed by atoms with Gasteiger partial charge >= 0.3 is 6.61 Å². The van der Waals surface area contributed by atoms with Crippen LogP contribution in [0.1, 0.15) is 0 Å². The van der Waals surface area contributed by atoms with Crippen LogP contribution in [0.2, 0.25) is 0 Å². The molecule has 4 heteroatoms. The molecule has 0 N–H and O–H groups in total. The first-order valence-corrected chi connectivity index (χ1v) is 1.75. The highest BCUT2D eigenvalue weighted by atomic mass is 19.3. The number of ether oxygens (including phenoxy) is 1. The van der Waals surface area contributed by atoms with Crippen LogP contribution >= 0.6 is 0 Å². The van der Waals surface area contributed by atoms with Crippen LogP contribution in [0, 0.1) is 0 Å². The molecule has 0 aliphatic carbocycles. The summed E-state index contributed by atoms with van der Waals surface area (Å²) in [6.07, 6.45) is 0. The summed E-state index contributed by atoms with van der Waals surface area (Å²) in [6, 6.07) is 0. The van der Waals surface area contributed by atoms with Gasteiger partial charge in [-0.1, -0.05) is 0 Å². The number of hydrogen-bond acceptors (Lipinski definition) is 1. The minimum atomic E-state index is -2.80. The van der Waals surface area contributed by atoms with E-state index in [-0.39, 0.29) is 0 Å². The third kappa shape index (κ3) is 5.78. The summed E-state index contributed by atoms with van der Waals surface area (Å²) in [5.41, 5.74) is 0. The lowest BCUT2D eigenvalue weighted by Crippen LogP contribution is -2.02. The van der Waals surface area contributed by atoms with Crippen molar-refractivity contribution in [2.45, 2.75) is 6.61 Å². The van der Waals surface area contributed by atoms with Gasteiger partial charge in [-0.15, -0.1) is 0 Å². The molecule has 0 aromatic carbocycles. The Balaban J connectivity index is 2.68. The summed E-state index contributed by atoms with van der Waals surface area (Å²) in [4.78, 5) is 0. The van der Waals surface area contributed by atoms with Crippen molar-refractivity contribution in [3.8, 4) is 0 Å². The van der Waals surface area contributed by atoms with Crippen LogP contribution in [0.4, 0.5) is 8.78 Å². The lowest BCUT2D eigenvalue weighted by atomic mass is 10.8. The van der Waals surface area contributed by atoms with Crippen molar-refractivity contribution in [1.29, 1.82) is 0 Å². The normalized spacial score (nSPS) is 10.3. The minimum absolute atomic E-state index is 0.405. The van der Waals surface area contributed by atoms with Gasteiger partial charge in [0.15, 0.2) is 0 Å². The highest BCUT2D eigenvalue weighted by Gasteiger charge is 1.97. The summed E-state index contributed by atoms with van der Waals surface area (Å²) in [6.45, 7) is -3.81. The number of alkyl halides is 2. The van der Waals surface area contributed by atoms with Crippen molar-refractivity contribution in [2.75, 3.05) is 13.2 Å². The standard InChI is InChI=1S/C3H5F2O2/c4-3(5)7-2-1-6/h3H,1-2H2. The van der Waals surface area contributed by atoms with Gasteiger partial charge in [-0.05, 0) is 0 Å². The van der Waals surface area contributed by atoms with Gasteiger partial charge in [0.25, 0.3) is 0 Å². The van der Waals surface area contributed by atoms with Gasteiger partial charge in [-0.25, -0.2) is 5.11 Å². The molecule has 0 saturated carbocycles. The number of rotatable bonds is 3. The van der Waals surface area contributed by atoms with Gasteiger partial charge in [0.1, 0.15) is 6.61 Å². The molecule has 7 heavy (non-hydrogen) atoms. The van der Waals surface area contributed by atoms with Crippen molar-refractivity contribution in [1.82, 2.24) is 0 Å². The molecule has 43 valence electrons. The molecule has 0 amide bonds. The molecule has 0 saturated heterocycles. The SMILES string of the molecule is [O]CCOC(F)F. The maximum atomic E-state index is 10.9. The second-order valence-electron chi connectivity index (χ2n) is 0.836. The van der Waals surface area contributed by atoms with E-state index < -0.39 is 19.8 Å². The molecule has 0 fully saturated rings. The molecule has 0 heterocycles. The molecule has 0 bridgehead atoms. The number of hydrogen-bond donors (Lipinski definition) is 0. The Hall–Kier alpha value is -0.220.